The van der Waals surface area contributed by atoms with Crippen molar-refractivity contribution in [1.82, 2.24) is 4.90 Å². The van der Waals surface area contributed by atoms with Gasteiger partial charge in [0.2, 0.25) is 0 Å². The van der Waals surface area contributed by atoms with E-state index in [1.54, 1.807) is 76.2 Å². The van der Waals surface area contributed by atoms with Gasteiger partial charge in [0.25, 0.3) is 5.91 Å². The molecule has 7 nitrogen and oxygen atoms in total. The van der Waals surface area contributed by atoms with Crippen LogP contribution in [0.1, 0.15) is 63.8 Å². The molecule has 3 rings (SSSR count). The van der Waals surface area contributed by atoms with E-state index in [9.17, 15) is 19.5 Å². The summed E-state index contributed by atoms with van der Waals surface area (Å²) in [4.78, 5) is 40.8. The summed E-state index contributed by atoms with van der Waals surface area (Å²) in [6, 6.07) is 13.0. The number of esters is 1. The molecule has 1 aliphatic heterocycles. The van der Waals surface area contributed by atoms with Crippen molar-refractivity contribution >= 4 is 41.0 Å². The van der Waals surface area contributed by atoms with E-state index in [4.69, 9.17) is 32.7 Å². The van der Waals surface area contributed by atoms with Crippen molar-refractivity contribution in [2.45, 2.75) is 64.3 Å². The maximum Gasteiger partial charge on any atom is 0.330 e. The predicted molar refractivity (Wildman–Crippen MR) is 137 cm³/mol. The van der Waals surface area contributed by atoms with Gasteiger partial charge in [-0.1, -0.05) is 75.2 Å². The van der Waals surface area contributed by atoms with Gasteiger partial charge in [-0.05, 0) is 47.2 Å². The third-order valence-corrected chi connectivity index (χ3v) is 7.36. The van der Waals surface area contributed by atoms with E-state index >= 15 is 0 Å². The van der Waals surface area contributed by atoms with Crippen LogP contribution in [-0.2, 0) is 23.9 Å². The summed E-state index contributed by atoms with van der Waals surface area (Å²) in [7, 11) is 1.22. The van der Waals surface area contributed by atoms with Crippen molar-refractivity contribution < 1.29 is 29.0 Å². The maximum absolute atomic E-state index is 14.1. The van der Waals surface area contributed by atoms with Crippen molar-refractivity contribution in [2.24, 2.45) is 5.41 Å². The number of carboxylic acid groups (broad SMARTS) is 1. The average Bonchev–Trinajstić information content (AvgIpc) is 2.81. The lowest BCUT2D eigenvalue weighted by molar-refractivity contribution is -0.207. The zero-order valence-corrected chi connectivity index (χ0v) is 22.5. The van der Waals surface area contributed by atoms with Gasteiger partial charge in [0.15, 0.2) is 0 Å². The number of methoxy groups -OCH3 is 1. The summed E-state index contributed by atoms with van der Waals surface area (Å²) in [5.74, 6) is -2.39. The maximum atomic E-state index is 14.1. The van der Waals surface area contributed by atoms with E-state index in [1.165, 1.54) is 12.0 Å². The number of aliphatic carboxylic acids is 1. The molecule has 0 saturated carbocycles. The second kappa shape index (κ2) is 10.8. The van der Waals surface area contributed by atoms with Crippen LogP contribution in [0.3, 0.4) is 0 Å². The monoisotopic (exact) mass is 535 g/mol. The normalized spacial score (nSPS) is 22.1. The highest BCUT2D eigenvalue weighted by Crippen LogP contribution is 2.51. The minimum absolute atomic E-state index is 0.120. The van der Waals surface area contributed by atoms with E-state index in [-0.39, 0.29) is 12.8 Å². The van der Waals surface area contributed by atoms with Gasteiger partial charge in [0.1, 0.15) is 17.7 Å². The zero-order valence-electron chi connectivity index (χ0n) is 21.0. The first-order valence-corrected chi connectivity index (χ1v) is 12.4. The Morgan fingerprint density at radius 1 is 1.06 bits per heavy atom. The Bertz CT molecular complexity index is 1130. The Morgan fingerprint density at radius 3 is 2.19 bits per heavy atom. The highest BCUT2D eigenvalue weighted by atomic mass is 35.5. The van der Waals surface area contributed by atoms with Crippen LogP contribution >= 0.6 is 23.2 Å². The second-order valence-electron chi connectivity index (χ2n) is 9.85. The number of carbonyl (C=O) groups excluding carboxylic acids is 2. The van der Waals surface area contributed by atoms with Crippen LogP contribution < -0.4 is 0 Å². The second-order valence-corrected chi connectivity index (χ2v) is 10.7. The molecule has 0 aromatic heterocycles. The molecule has 1 amide bonds. The Kier molecular flexibility index (Phi) is 8.38. The van der Waals surface area contributed by atoms with Crippen LogP contribution in [-0.4, -0.2) is 46.6 Å². The summed E-state index contributed by atoms with van der Waals surface area (Å²) >= 11 is 12.5. The molecule has 0 spiro atoms. The van der Waals surface area contributed by atoms with Gasteiger partial charge in [-0.2, -0.15) is 0 Å². The van der Waals surface area contributed by atoms with Gasteiger partial charge < -0.3 is 19.5 Å². The number of benzene rings is 2. The summed E-state index contributed by atoms with van der Waals surface area (Å²) in [6.45, 7) is 7.10. The van der Waals surface area contributed by atoms with Gasteiger partial charge in [-0.25, -0.2) is 4.79 Å². The van der Waals surface area contributed by atoms with Gasteiger partial charge in [-0.15, -0.1) is 0 Å². The van der Waals surface area contributed by atoms with E-state index in [0.29, 0.717) is 21.2 Å². The SMILES string of the molecule is CC[C@](C(=O)O)(N1C(=O)[C@H](CC(=O)OC)O[C@H](c2cccc(Cl)c2)[C@H]1c1ccc(Cl)cc1)C(C)(C)C. The zero-order chi connectivity index (χ0) is 26.8. The molecule has 0 bridgehead atoms. The molecule has 1 aliphatic rings. The lowest BCUT2D eigenvalue weighted by Gasteiger charge is -2.56. The van der Waals surface area contributed by atoms with Crippen molar-refractivity contribution in [2.75, 3.05) is 7.11 Å². The minimum atomic E-state index is -1.64. The van der Waals surface area contributed by atoms with E-state index in [1.807, 2.05) is 0 Å². The molecule has 1 N–H and O–H groups in total. The molecule has 9 heteroatoms. The number of amides is 1. The van der Waals surface area contributed by atoms with Gasteiger partial charge in [-0.3, -0.25) is 9.59 Å². The summed E-state index contributed by atoms with van der Waals surface area (Å²) in [5.41, 5.74) is -1.25. The van der Waals surface area contributed by atoms with Crippen LogP contribution in [0, 0.1) is 5.41 Å². The van der Waals surface area contributed by atoms with Gasteiger partial charge in [0.05, 0.1) is 19.6 Å². The number of rotatable bonds is 7. The molecular formula is C27H31Cl2NO6. The van der Waals surface area contributed by atoms with Crippen molar-refractivity contribution in [3.05, 3.63) is 69.7 Å². The third kappa shape index (κ3) is 5.10. The number of halogens is 2. The Labute approximate surface area is 221 Å². The van der Waals surface area contributed by atoms with Crippen LogP contribution in [0.25, 0.3) is 0 Å². The van der Waals surface area contributed by atoms with E-state index in [2.05, 4.69) is 0 Å². The standard InChI is InChI=1S/C27H31Cl2NO6/c1-6-27(25(33)34,26(2,3)4)30-22(16-10-12-18(28)13-11-16)23(17-8-7-9-19(29)14-17)36-20(24(30)32)15-21(31)35-5/h7-14,20,22-23H,6,15H2,1-5H3,(H,33,34)/t20-,22+,23+,27+/m0/s1. The molecule has 1 saturated heterocycles. The molecule has 0 unspecified atom stereocenters. The van der Waals surface area contributed by atoms with E-state index in [0.717, 1.165) is 0 Å². The van der Waals surface area contributed by atoms with Crippen LogP contribution in [0.2, 0.25) is 10.0 Å². The van der Waals surface area contributed by atoms with Crippen molar-refractivity contribution in [3.8, 4) is 0 Å². The quantitative estimate of drug-likeness (QED) is 0.447. The Balaban J connectivity index is 2.36. The van der Waals surface area contributed by atoms with Crippen molar-refractivity contribution in [1.29, 1.82) is 0 Å². The fraction of sp³-hybridized carbons (Fsp3) is 0.444. The highest BCUT2D eigenvalue weighted by Gasteiger charge is 2.60. The lowest BCUT2D eigenvalue weighted by Crippen LogP contribution is -2.69. The average molecular weight is 536 g/mol. The Morgan fingerprint density at radius 2 is 1.69 bits per heavy atom. The molecule has 1 heterocycles. The lowest BCUT2D eigenvalue weighted by atomic mass is 9.68. The number of nitrogens with zero attached hydrogens (tertiary/aromatic N) is 1. The predicted octanol–water partition coefficient (Wildman–Crippen LogP) is 5.85. The Hall–Kier alpha value is -2.61. The first-order valence-electron chi connectivity index (χ1n) is 11.7. The van der Waals surface area contributed by atoms with Gasteiger partial charge in [0, 0.05) is 10.0 Å². The van der Waals surface area contributed by atoms with Crippen LogP contribution in [0.4, 0.5) is 0 Å². The molecule has 2 aromatic carbocycles. The van der Waals surface area contributed by atoms with E-state index < -0.39 is 47.0 Å². The number of carbonyl (C=O) groups is 3. The molecule has 0 aliphatic carbocycles. The smallest absolute Gasteiger partial charge is 0.330 e. The van der Waals surface area contributed by atoms with Crippen LogP contribution in [0.5, 0.6) is 0 Å². The summed E-state index contributed by atoms with van der Waals surface area (Å²) in [6.07, 6.45) is -2.32. The summed E-state index contributed by atoms with van der Waals surface area (Å²) < 4.78 is 11.1. The molecule has 1 fully saturated rings. The molecular weight excluding hydrogens is 505 g/mol. The summed E-state index contributed by atoms with van der Waals surface area (Å²) in [5, 5.41) is 11.6. The largest absolute Gasteiger partial charge is 0.479 e. The molecule has 2 aromatic rings. The fourth-order valence-electron chi connectivity index (χ4n) is 5.10. The minimum Gasteiger partial charge on any atom is -0.479 e. The molecule has 194 valence electrons. The number of ether oxygens (including phenoxy) is 2. The van der Waals surface area contributed by atoms with Crippen molar-refractivity contribution in [3.63, 3.8) is 0 Å². The molecule has 0 radical (unpaired) electrons. The number of morpholine rings is 1. The topological polar surface area (TPSA) is 93.1 Å². The first-order chi connectivity index (χ1) is 16.9. The highest BCUT2D eigenvalue weighted by molar-refractivity contribution is 6.30. The molecule has 4 atom stereocenters. The van der Waals surface area contributed by atoms with Crippen LogP contribution in [0.15, 0.2) is 48.5 Å². The number of carboxylic acids is 1. The first kappa shape index (κ1) is 28.0. The van der Waals surface area contributed by atoms with Gasteiger partial charge >= 0.3 is 11.9 Å². The fourth-order valence-corrected chi connectivity index (χ4v) is 5.42. The molecule has 36 heavy (non-hydrogen) atoms. The number of hydrogen-bond donors (Lipinski definition) is 1. The third-order valence-electron chi connectivity index (χ3n) is 6.87. The number of hydrogen-bond acceptors (Lipinski definition) is 5.